The standard InChI is InChI=1S/C24H27N5O2/c1-27(2)18-6-8-19(9-7-18)29-11-10-21-22(17-4-3-5-20(30)16-17)25-24(26-23(21)29)28-12-14-31-15-13-28/h3-9,16,30H,10-15H2,1-2H3. The quantitative estimate of drug-likeness (QED) is 0.698. The zero-order valence-electron chi connectivity index (χ0n) is 18.0. The Labute approximate surface area is 182 Å². The zero-order chi connectivity index (χ0) is 21.4. The number of aromatic hydroxyl groups is 1. The van der Waals surface area contributed by atoms with Gasteiger partial charge in [0.1, 0.15) is 11.6 Å². The van der Waals surface area contributed by atoms with Gasteiger partial charge in [-0.2, -0.15) is 4.98 Å². The molecule has 1 aromatic heterocycles. The lowest BCUT2D eigenvalue weighted by molar-refractivity contribution is 0.122. The van der Waals surface area contributed by atoms with E-state index < -0.39 is 0 Å². The van der Waals surface area contributed by atoms with Gasteiger partial charge in [0.05, 0.1) is 18.9 Å². The number of fused-ring (bicyclic) bond motifs is 1. The van der Waals surface area contributed by atoms with Crippen molar-refractivity contribution in [2.75, 3.05) is 61.6 Å². The second kappa shape index (κ2) is 8.07. The van der Waals surface area contributed by atoms with Gasteiger partial charge < -0.3 is 24.5 Å². The predicted octanol–water partition coefficient (Wildman–Crippen LogP) is 3.45. The Bertz CT molecular complexity index is 1080. The van der Waals surface area contributed by atoms with E-state index in [9.17, 15) is 5.11 Å². The van der Waals surface area contributed by atoms with E-state index in [1.807, 2.05) is 26.2 Å². The largest absolute Gasteiger partial charge is 0.508 e. The molecule has 0 bridgehead atoms. The lowest BCUT2D eigenvalue weighted by atomic mass is 10.1. The van der Waals surface area contributed by atoms with E-state index in [1.54, 1.807) is 12.1 Å². The van der Waals surface area contributed by atoms with Crippen molar-refractivity contribution in [1.82, 2.24) is 9.97 Å². The van der Waals surface area contributed by atoms with Crippen LogP contribution < -0.4 is 14.7 Å². The molecule has 0 atom stereocenters. The maximum atomic E-state index is 10.1. The zero-order valence-corrected chi connectivity index (χ0v) is 18.0. The minimum atomic E-state index is 0.243. The number of hydrogen-bond acceptors (Lipinski definition) is 7. The van der Waals surface area contributed by atoms with Crippen molar-refractivity contribution in [3.8, 4) is 17.0 Å². The minimum absolute atomic E-state index is 0.243. The molecule has 7 nitrogen and oxygen atoms in total. The summed E-state index contributed by atoms with van der Waals surface area (Å²) in [5.74, 6) is 1.91. The van der Waals surface area contributed by atoms with Gasteiger partial charge in [-0.25, -0.2) is 4.98 Å². The smallest absolute Gasteiger partial charge is 0.228 e. The highest BCUT2D eigenvalue weighted by molar-refractivity contribution is 5.78. The van der Waals surface area contributed by atoms with Crippen LogP contribution in [0.5, 0.6) is 5.75 Å². The number of aromatic nitrogens is 2. The summed E-state index contributed by atoms with van der Waals surface area (Å²) in [6.07, 6.45) is 0.860. The van der Waals surface area contributed by atoms with Crippen molar-refractivity contribution in [2.45, 2.75) is 6.42 Å². The molecule has 2 aliphatic heterocycles. The van der Waals surface area contributed by atoms with Gasteiger partial charge in [0.25, 0.3) is 0 Å². The van der Waals surface area contributed by atoms with E-state index in [0.29, 0.717) is 13.2 Å². The van der Waals surface area contributed by atoms with Crippen LogP contribution >= 0.6 is 0 Å². The second-order valence-corrected chi connectivity index (χ2v) is 8.14. The van der Waals surface area contributed by atoms with Gasteiger partial charge in [0.15, 0.2) is 0 Å². The van der Waals surface area contributed by atoms with Crippen LogP contribution in [0.4, 0.5) is 23.1 Å². The van der Waals surface area contributed by atoms with E-state index in [0.717, 1.165) is 60.3 Å². The summed E-state index contributed by atoms with van der Waals surface area (Å²) >= 11 is 0. The molecular weight excluding hydrogens is 390 g/mol. The molecule has 3 aromatic rings. The summed E-state index contributed by atoms with van der Waals surface area (Å²) in [6.45, 7) is 3.75. The van der Waals surface area contributed by atoms with E-state index >= 15 is 0 Å². The first kappa shape index (κ1) is 19.6. The molecule has 0 saturated carbocycles. The molecule has 2 aromatic carbocycles. The van der Waals surface area contributed by atoms with Crippen molar-refractivity contribution in [3.05, 3.63) is 54.1 Å². The van der Waals surface area contributed by atoms with Gasteiger partial charge in [-0.05, 0) is 42.8 Å². The molecule has 31 heavy (non-hydrogen) atoms. The van der Waals surface area contributed by atoms with E-state index in [-0.39, 0.29) is 5.75 Å². The number of phenols is 1. The number of morpholine rings is 1. The Morgan fingerprint density at radius 3 is 2.45 bits per heavy atom. The molecule has 1 saturated heterocycles. The number of rotatable bonds is 4. The summed E-state index contributed by atoms with van der Waals surface area (Å²) < 4.78 is 5.52. The molecule has 0 aliphatic carbocycles. The second-order valence-electron chi connectivity index (χ2n) is 8.14. The molecule has 1 fully saturated rings. The molecule has 3 heterocycles. The number of anilines is 4. The van der Waals surface area contributed by atoms with Gasteiger partial charge in [0, 0.05) is 56.2 Å². The van der Waals surface area contributed by atoms with Crippen LogP contribution in [-0.2, 0) is 11.2 Å². The lowest BCUT2D eigenvalue weighted by Gasteiger charge is -2.28. The first-order valence-electron chi connectivity index (χ1n) is 10.7. The Kier molecular flexibility index (Phi) is 5.11. The van der Waals surface area contributed by atoms with E-state index in [2.05, 4.69) is 39.0 Å². The summed E-state index contributed by atoms with van der Waals surface area (Å²) in [4.78, 5) is 16.5. The monoisotopic (exact) mass is 417 g/mol. The van der Waals surface area contributed by atoms with Gasteiger partial charge in [0.2, 0.25) is 5.95 Å². The molecule has 0 unspecified atom stereocenters. The maximum Gasteiger partial charge on any atom is 0.228 e. The van der Waals surface area contributed by atoms with Crippen LogP contribution in [0.25, 0.3) is 11.3 Å². The first-order valence-corrected chi connectivity index (χ1v) is 10.7. The van der Waals surface area contributed by atoms with Gasteiger partial charge in [-0.15, -0.1) is 0 Å². The number of nitrogens with zero attached hydrogens (tertiary/aromatic N) is 5. The fraction of sp³-hybridized carbons (Fsp3) is 0.333. The van der Waals surface area contributed by atoms with Crippen LogP contribution in [0.2, 0.25) is 0 Å². The number of ether oxygens (including phenoxy) is 1. The van der Waals surface area contributed by atoms with Gasteiger partial charge in [-0.1, -0.05) is 12.1 Å². The fourth-order valence-electron chi connectivity index (χ4n) is 4.22. The normalized spacial score (nSPS) is 15.8. The van der Waals surface area contributed by atoms with Crippen molar-refractivity contribution >= 4 is 23.1 Å². The topological polar surface area (TPSA) is 65.0 Å². The Morgan fingerprint density at radius 2 is 1.74 bits per heavy atom. The van der Waals surface area contributed by atoms with Crippen molar-refractivity contribution in [1.29, 1.82) is 0 Å². The fourth-order valence-corrected chi connectivity index (χ4v) is 4.22. The number of benzene rings is 2. The number of phenolic OH excluding ortho intramolecular Hbond substituents is 1. The van der Waals surface area contributed by atoms with Crippen LogP contribution in [0.3, 0.4) is 0 Å². The lowest BCUT2D eigenvalue weighted by Crippen LogP contribution is -2.37. The average molecular weight is 418 g/mol. The SMILES string of the molecule is CN(C)c1ccc(N2CCc3c(-c4cccc(O)c4)nc(N4CCOCC4)nc32)cc1. The van der Waals surface area contributed by atoms with Crippen LogP contribution in [0.15, 0.2) is 48.5 Å². The summed E-state index contributed by atoms with van der Waals surface area (Å²) in [6, 6.07) is 15.9. The maximum absolute atomic E-state index is 10.1. The molecule has 5 rings (SSSR count). The minimum Gasteiger partial charge on any atom is -0.508 e. The highest BCUT2D eigenvalue weighted by Crippen LogP contribution is 2.40. The third-order valence-corrected chi connectivity index (χ3v) is 5.91. The molecule has 1 N–H and O–H groups in total. The van der Waals surface area contributed by atoms with Crippen LogP contribution in [-0.4, -0.2) is 62.0 Å². The van der Waals surface area contributed by atoms with Crippen LogP contribution in [0.1, 0.15) is 5.56 Å². The highest BCUT2D eigenvalue weighted by atomic mass is 16.5. The van der Waals surface area contributed by atoms with Crippen molar-refractivity contribution < 1.29 is 9.84 Å². The number of hydrogen-bond donors (Lipinski definition) is 1. The highest BCUT2D eigenvalue weighted by Gasteiger charge is 2.29. The first-order chi connectivity index (χ1) is 15.1. The third kappa shape index (κ3) is 3.77. The average Bonchev–Trinajstić information content (AvgIpc) is 3.23. The summed E-state index contributed by atoms with van der Waals surface area (Å²) in [7, 11) is 4.09. The molecular formula is C24H27N5O2. The molecule has 7 heteroatoms. The van der Waals surface area contributed by atoms with E-state index in [1.165, 1.54) is 5.69 Å². The summed E-state index contributed by atoms with van der Waals surface area (Å²) in [5, 5.41) is 10.1. The van der Waals surface area contributed by atoms with Crippen molar-refractivity contribution in [2.24, 2.45) is 0 Å². The van der Waals surface area contributed by atoms with Gasteiger partial charge >= 0.3 is 0 Å². The molecule has 2 aliphatic rings. The van der Waals surface area contributed by atoms with Gasteiger partial charge in [-0.3, -0.25) is 0 Å². The Morgan fingerprint density at radius 1 is 0.968 bits per heavy atom. The van der Waals surface area contributed by atoms with Crippen LogP contribution in [0, 0.1) is 0 Å². The van der Waals surface area contributed by atoms with Crippen molar-refractivity contribution in [3.63, 3.8) is 0 Å². The van der Waals surface area contributed by atoms with E-state index in [4.69, 9.17) is 14.7 Å². The Hall–Kier alpha value is -3.32. The summed E-state index contributed by atoms with van der Waals surface area (Å²) in [5.41, 5.74) is 5.23. The third-order valence-electron chi connectivity index (χ3n) is 5.91. The molecule has 0 amide bonds. The molecule has 0 spiro atoms. The Balaban J connectivity index is 1.60. The predicted molar refractivity (Wildman–Crippen MR) is 124 cm³/mol. The molecule has 0 radical (unpaired) electrons. The molecule has 160 valence electrons.